The quantitative estimate of drug-likeness (QED) is 0.529. The lowest BCUT2D eigenvalue weighted by Gasteiger charge is -2.36. The van der Waals surface area contributed by atoms with Crippen LogP contribution in [0.3, 0.4) is 0 Å². The maximum absolute atomic E-state index is 10.3. The van der Waals surface area contributed by atoms with E-state index in [1.54, 1.807) is 0 Å². The molecule has 0 saturated heterocycles. The lowest BCUT2D eigenvalue weighted by Crippen LogP contribution is -2.43. The van der Waals surface area contributed by atoms with Crippen LogP contribution in [0.5, 0.6) is 0 Å². The second kappa shape index (κ2) is 5.93. The van der Waals surface area contributed by atoms with E-state index in [0.29, 0.717) is 13.2 Å². The van der Waals surface area contributed by atoms with Crippen LogP contribution in [0.4, 0.5) is 4.79 Å². The van der Waals surface area contributed by atoms with E-state index in [1.807, 2.05) is 0 Å². The average Bonchev–Trinajstić information content (AvgIpc) is 2.09. The van der Waals surface area contributed by atoms with Crippen molar-refractivity contribution in [3.05, 3.63) is 0 Å². The Hall–Kier alpha value is -0.203. The van der Waals surface area contributed by atoms with E-state index in [-0.39, 0.29) is 10.3 Å². The second-order valence-electron chi connectivity index (χ2n) is 5.41. The molecular formula is C10H23NO3SSi. The van der Waals surface area contributed by atoms with Gasteiger partial charge in [0.1, 0.15) is 0 Å². The third-order valence-electron chi connectivity index (χ3n) is 2.93. The Morgan fingerprint density at radius 1 is 1.50 bits per heavy atom. The number of nitrogens with one attached hydrogen (secondary N) is 1. The largest absolute Gasteiger partial charge is 0.465 e. The first-order valence-corrected chi connectivity index (χ1v) is 8.77. The van der Waals surface area contributed by atoms with Crippen LogP contribution in [-0.2, 0) is 4.43 Å². The average molecular weight is 265 g/mol. The Labute approximate surface area is 104 Å². The topological polar surface area (TPSA) is 58.6 Å². The van der Waals surface area contributed by atoms with Crippen molar-refractivity contribution < 1.29 is 14.3 Å². The van der Waals surface area contributed by atoms with Crippen LogP contribution < -0.4 is 5.32 Å². The van der Waals surface area contributed by atoms with Gasteiger partial charge in [0.2, 0.25) is 0 Å². The monoisotopic (exact) mass is 265 g/mol. The molecule has 0 aliphatic rings. The smallest absolute Gasteiger partial charge is 0.404 e. The van der Waals surface area contributed by atoms with Crippen molar-refractivity contribution in [2.75, 3.05) is 13.2 Å². The highest BCUT2D eigenvalue weighted by Gasteiger charge is 2.37. The summed E-state index contributed by atoms with van der Waals surface area (Å²) in [6, 6.07) is 0. The van der Waals surface area contributed by atoms with E-state index in [2.05, 4.69) is 51.8 Å². The van der Waals surface area contributed by atoms with Crippen molar-refractivity contribution in [2.45, 2.75) is 44.2 Å². The van der Waals surface area contributed by atoms with E-state index < -0.39 is 14.4 Å². The zero-order valence-corrected chi connectivity index (χ0v) is 12.6. The Balaban J connectivity index is 4.00. The number of thiol groups is 1. The van der Waals surface area contributed by atoms with Gasteiger partial charge in [0, 0.05) is 18.4 Å². The molecule has 0 saturated carbocycles. The van der Waals surface area contributed by atoms with Gasteiger partial charge in [-0.05, 0) is 18.1 Å². The molecule has 0 aliphatic heterocycles. The first-order valence-electron chi connectivity index (χ1n) is 5.35. The molecule has 4 nitrogen and oxygen atoms in total. The molecule has 1 amide bonds. The highest BCUT2D eigenvalue weighted by atomic mass is 32.1. The highest BCUT2D eigenvalue weighted by molar-refractivity contribution is 7.81. The third kappa shape index (κ3) is 5.76. The first kappa shape index (κ1) is 15.8. The van der Waals surface area contributed by atoms with Gasteiger partial charge in [-0.3, -0.25) is 0 Å². The minimum absolute atomic E-state index is 0.0924. The summed E-state index contributed by atoms with van der Waals surface area (Å²) in [6.45, 7) is 11.6. The van der Waals surface area contributed by atoms with Crippen LogP contribution in [0.2, 0.25) is 18.1 Å². The molecule has 0 aliphatic carbocycles. The summed E-state index contributed by atoms with van der Waals surface area (Å²) in [4.78, 5) is 10.3. The number of rotatable bonds is 5. The summed E-state index contributed by atoms with van der Waals surface area (Å²) in [5.41, 5.74) is 0. The second-order valence-corrected chi connectivity index (χ2v) is 11.0. The molecule has 0 spiro atoms. The molecule has 0 fully saturated rings. The Morgan fingerprint density at radius 3 is 2.38 bits per heavy atom. The molecule has 6 heteroatoms. The predicted octanol–water partition coefficient (Wildman–Crippen LogP) is 2.57. The fourth-order valence-corrected chi connectivity index (χ4v) is 2.14. The maximum Gasteiger partial charge on any atom is 0.404 e. The van der Waals surface area contributed by atoms with Gasteiger partial charge in [0.25, 0.3) is 0 Å². The predicted molar refractivity (Wildman–Crippen MR) is 72.0 cm³/mol. The standard InChI is InChI=1S/C10H23NO3SSi/c1-10(2,3)16(4,5)14-7-8(15)6-11-9(12)13/h8,11,15H,6-7H2,1-5H3,(H,12,13). The van der Waals surface area contributed by atoms with Crippen LogP contribution in [0.25, 0.3) is 0 Å². The van der Waals surface area contributed by atoms with Crippen molar-refractivity contribution in [3.8, 4) is 0 Å². The molecule has 0 radical (unpaired) electrons. The molecule has 96 valence electrons. The van der Waals surface area contributed by atoms with Crippen LogP contribution in [0.15, 0.2) is 0 Å². The van der Waals surface area contributed by atoms with Crippen molar-refractivity contribution in [1.82, 2.24) is 5.32 Å². The number of amides is 1. The normalized spacial score (nSPS) is 14.6. The van der Waals surface area contributed by atoms with Crippen LogP contribution in [-0.4, -0.2) is 37.9 Å². The SMILES string of the molecule is CC(C)(C)[Si](C)(C)OCC(S)CNC(=O)O. The van der Waals surface area contributed by atoms with Crippen molar-refractivity contribution in [2.24, 2.45) is 0 Å². The van der Waals surface area contributed by atoms with Gasteiger partial charge in [-0.15, -0.1) is 0 Å². The fraction of sp³-hybridized carbons (Fsp3) is 0.900. The summed E-state index contributed by atoms with van der Waals surface area (Å²) in [5, 5.41) is 10.8. The van der Waals surface area contributed by atoms with Crippen LogP contribution in [0.1, 0.15) is 20.8 Å². The summed E-state index contributed by atoms with van der Waals surface area (Å²) in [6.07, 6.45) is -1.02. The van der Waals surface area contributed by atoms with Gasteiger partial charge in [-0.2, -0.15) is 12.6 Å². The van der Waals surface area contributed by atoms with E-state index in [4.69, 9.17) is 9.53 Å². The summed E-state index contributed by atoms with van der Waals surface area (Å²) in [5.74, 6) is 0. The number of hydrogen-bond donors (Lipinski definition) is 3. The van der Waals surface area contributed by atoms with Gasteiger partial charge in [-0.1, -0.05) is 20.8 Å². The summed E-state index contributed by atoms with van der Waals surface area (Å²) >= 11 is 4.28. The van der Waals surface area contributed by atoms with Crippen LogP contribution in [0, 0.1) is 0 Å². The number of carboxylic acid groups (broad SMARTS) is 1. The first-order chi connectivity index (χ1) is 7.06. The molecule has 0 rings (SSSR count). The third-order valence-corrected chi connectivity index (χ3v) is 7.76. The number of carbonyl (C=O) groups is 1. The minimum atomic E-state index is -1.75. The van der Waals surface area contributed by atoms with E-state index in [9.17, 15) is 4.79 Å². The number of hydrogen-bond acceptors (Lipinski definition) is 3. The molecule has 0 aromatic carbocycles. The zero-order chi connectivity index (χ0) is 13.0. The van der Waals surface area contributed by atoms with Crippen LogP contribution >= 0.6 is 12.6 Å². The summed E-state index contributed by atoms with van der Waals surface area (Å²) in [7, 11) is -1.75. The Bertz CT molecular complexity index is 241. The molecule has 1 unspecified atom stereocenters. The van der Waals surface area contributed by atoms with Crippen molar-refractivity contribution in [3.63, 3.8) is 0 Å². The molecule has 0 bridgehead atoms. The van der Waals surface area contributed by atoms with Crippen molar-refractivity contribution >= 4 is 27.0 Å². The molecule has 2 N–H and O–H groups in total. The lowest BCUT2D eigenvalue weighted by atomic mass is 10.2. The fourth-order valence-electron chi connectivity index (χ4n) is 0.785. The zero-order valence-electron chi connectivity index (χ0n) is 10.7. The minimum Gasteiger partial charge on any atom is -0.465 e. The van der Waals surface area contributed by atoms with Gasteiger partial charge in [0.15, 0.2) is 8.32 Å². The van der Waals surface area contributed by atoms with E-state index >= 15 is 0 Å². The van der Waals surface area contributed by atoms with Crippen molar-refractivity contribution in [1.29, 1.82) is 0 Å². The Kier molecular flexibility index (Phi) is 5.85. The molecule has 16 heavy (non-hydrogen) atoms. The molecule has 1 atom stereocenters. The Morgan fingerprint density at radius 2 is 2.00 bits per heavy atom. The maximum atomic E-state index is 10.3. The van der Waals surface area contributed by atoms with E-state index in [0.717, 1.165) is 0 Å². The summed E-state index contributed by atoms with van der Waals surface area (Å²) < 4.78 is 5.92. The molecule has 0 heterocycles. The molecule has 0 aromatic heterocycles. The van der Waals surface area contributed by atoms with Gasteiger partial charge in [0.05, 0.1) is 0 Å². The van der Waals surface area contributed by atoms with Gasteiger partial charge < -0.3 is 14.8 Å². The van der Waals surface area contributed by atoms with Gasteiger partial charge >= 0.3 is 6.09 Å². The highest BCUT2D eigenvalue weighted by Crippen LogP contribution is 2.36. The van der Waals surface area contributed by atoms with Gasteiger partial charge in [-0.25, -0.2) is 4.79 Å². The lowest BCUT2D eigenvalue weighted by molar-refractivity contribution is 0.193. The molecule has 0 aromatic rings. The van der Waals surface area contributed by atoms with E-state index in [1.165, 1.54) is 0 Å². The molecular weight excluding hydrogens is 242 g/mol.